The summed E-state index contributed by atoms with van der Waals surface area (Å²) in [5.74, 6) is 0.507. The third kappa shape index (κ3) is 3.67. The molecule has 0 aliphatic carbocycles. The molecule has 5 rings (SSSR count). The predicted molar refractivity (Wildman–Crippen MR) is 126 cm³/mol. The van der Waals surface area contributed by atoms with Crippen LogP contribution in [0.2, 0.25) is 0 Å². The summed E-state index contributed by atoms with van der Waals surface area (Å²) >= 11 is 0. The number of H-pyrrole nitrogens is 1. The maximum atomic E-state index is 13.6. The van der Waals surface area contributed by atoms with Crippen LogP contribution in [-0.2, 0) is 13.1 Å². The molecule has 0 aliphatic rings. The van der Waals surface area contributed by atoms with Crippen LogP contribution in [0.5, 0.6) is 0 Å². The third-order valence-electron chi connectivity index (χ3n) is 5.48. The number of hydrogen-bond acceptors (Lipinski definition) is 5. The van der Waals surface area contributed by atoms with Gasteiger partial charge in [0.2, 0.25) is 11.9 Å². The number of benzene rings is 2. The Morgan fingerprint density at radius 2 is 1.73 bits per heavy atom. The van der Waals surface area contributed by atoms with Crippen LogP contribution in [0.1, 0.15) is 13.8 Å². The lowest BCUT2D eigenvalue weighted by Gasteiger charge is -2.12. The lowest BCUT2D eigenvalue weighted by atomic mass is 10.0. The molecule has 2 aromatic carbocycles. The van der Waals surface area contributed by atoms with E-state index >= 15 is 0 Å². The quantitative estimate of drug-likeness (QED) is 0.401. The van der Waals surface area contributed by atoms with E-state index < -0.39 is 0 Å². The number of fused-ring (bicyclic) bond motifs is 1. The molecule has 0 aliphatic heterocycles. The van der Waals surface area contributed by atoms with Crippen molar-refractivity contribution in [1.82, 2.24) is 29.3 Å². The summed E-state index contributed by atoms with van der Waals surface area (Å²) in [5.41, 5.74) is 3.93. The molecule has 2 N–H and O–H groups in total. The van der Waals surface area contributed by atoms with Gasteiger partial charge in [-0.25, -0.2) is 24.0 Å². The SMILES string of the molecule is CCn1c(-c2ccnc(Nc3nc4ccccc4[nH]3)n2)c(-c2ccc(F)cc2)c(=O)n1CC. The maximum absolute atomic E-state index is 13.6. The molecule has 33 heavy (non-hydrogen) atoms. The van der Waals surface area contributed by atoms with Gasteiger partial charge in [-0.1, -0.05) is 24.3 Å². The molecular formula is C24H22FN7O. The minimum Gasteiger partial charge on any atom is -0.324 e. The first-order valence-corrected chi connectivity index (χ1v) is 10.7. The Balaban J connectivity index is 1.63. The van der Waals surface area contributed by atoms with Crippen molar-refractivity contribution in [2.75, 3.05) is 5.32 Å². The van der Waals surface area contributed by atoms with E-state index in [1.54, 1.807) is 29.1 Å². The van der Waals surface area contributed by atoms with E-state index in [0.29, 0.717) is 47.5 Å². The molecule has 0 saturated heterocycles. The highest BCUT2D eigenvalue weighted by Gasteiger charge is 2.23. The Morgan fingerprint density at radius 3 is 2.45 bits per heavy atom. The van der Waals surface area contributed by atoms with Gasteiger partial charge in [-0.15, -0.1) is 0 Å². The van der Waals surface area contributed by atoms with Crippen LogP contribution in [0.15, 0.2) is 65.6 Å². The molecule has 0 saturated carbocycles. The van der Waals surface area contributed by atoms with Crippen molar-refractivity contribution >= 4 is 22.9 Å². The highest BCUT2D eigenvalue weighted by Crippen LogP contribution is 2.30. The van der Waals surface area contributed by atoms with Crippen molar-refractivity contribution < 1.29 is 4.39 Å². The van der Waals surface area contributed by atoms with E-state index in [1.165, 1.54) is 12.1 Å². The van der Waals surface area contributed by atoms with Gasteiger partial charge in [0.15, 0.2) is 0 Å². The zero-order valence-electron chi connectivity index (χ0n) is 18.2. The lowest BCUT2D eigenvalue weighted by Crippen LogP contribution is -2.22. The molecule has 0 radical (unpaired) electrons. The number of anilines is 2. The van der Waals surface area contributed by atoms with E-state index in [4.69, 9.17) is 0 Å². The molecule has 0 bridgehead atoms. The molecule has 9 heteroatoms. The van der Waals surface area contributed by atoms with E-state index in [9.17, 15) is 9.18 Å². The molecule has 0 spiro atoms. The Kier molecular flexibility index (Phi) is 5.21. The van der Waals surface area contributed by atoms with Crippen molar-refractivity contribution in [2.45, 2.75) is 26.9 Å². The molecule has 5 aromatic rings. The van der Waals surface area contributed by atoms with Gasteiger partial charge in [-0.05, 0) is 49.7 Å². The average Bonchev–Trinajstić information content (AvgIpc) is 3.37. The molecule has 0 unspecified atom stereocenters. The van der Waals surface area contributed by atoms with E-state index in [0.717, 1.165) is 11.0 Å². The first kappa shape index (κ1) is 20.6. The van der Waals surface area contributed by atoms with Gasteiger partial charge in [-0.3, -0.25) is 14.8 Å². The number of aromatic nitrogens is 6. The van der Waals surface area contributed by atoms with Gasteiger partial charge < -0.3 is 4.98 Å². The summed E-state index contributed by atoms with van der Waals surface area (Å²) in [6.45, 7) is 4.95. The second-order valence-corrected chi connectivity index (χ2v) is 7.46. The summed E-state index contributed by atoms with van der Waals surface area (Å²) in [6, 6.07) is 15.4. The van der Waals surface area contributed by atoms with Crippen molar-refractivity contribution in [3.05, 3.63) is 77.0 Å². The van der Waals surface area contributed by atoms with Crippen molar-refractivity contribution in [3.8, 4) is 22.5 Å². The molecule has 8 nitrogen and oxygen atoms in total. The monoisotopic (exact) mass is 443 g/mol. The fourth-order valence-electron chi connectivity index (χ4n) is 4.04. The smallest absolute Gasteiger partial charge is 0.275 e. The predicted octanol–water partition coefficient (Wildman–Crippen LogP) is 4.57. The average molecular weight is 443 g/mol. The second kappa shape index (κ2) is 8.34. The number of nitrogens with zero attached hydrogens (tertiary/aromatic N) is 5. The van der Waals surface area contributed by atoms with Gasteiger partial charge in [-0.2, -0.15) is 0 Å². The summed E-state index contributed by atoms with van der Waals surface area (Å²) in [4.78, 5) is 30.0. The highest BCUT2D eigenvalue weighted by atomic mass is 19.1. The Hall–Kier alpha value is -4.27. The topological polar surface area (TPSA) is 93.4 Å². The molecular weight excluding hydrogens is 421 g/mol. The molecule has 0 amide bonds. The van der Waals surface area contributed by atoms with Crippen LogP contribution in [0.4, 0.5) is 16.3 Å². The zero-order valence-corrected chi connectivity index (χ0v) is 18.2. The number of aromatic amines is 1. The molecule has 166 valence electrons. The number of imidazole rings is 1. The van der Waals surface area contributed by atoms with Gasteiger partial charge in [0.1, 0.15) is 5.82 Å². The Labute approximate surface area is 188 Å². The van der Waals surface area contributed by atoms with Gasteiger partial charge in [0, 0.05) is 19.3 Å². The van der Waals surface area contributed by atoms with Crippen LogP contribution in [0, 0.1) is 5.82 Å². The standard InChI is InChI=1S/C24H22FN7O/c1-3-31-21(20(22(33)32(31)4-2)15-9-11-16(25)12-10-15)19-13-14-26-23(29-19)30-24-27-17-7-5-6-8-18(17)28-24/h5-14H,3-4H2,1-2H3,(H2,26,27,28,29,30). The van der Waals surface area contributed by atoms with E-state index in [2.05, 4.69) is 25.3 Å². The van der Waals surface area contributed by atoms with Crippen LogP contribution < -0.4 is 10.9 Å². The summed E-state index contributed by atoms with van der Waals surface area (Å²) in [6.07, 6.45) is 1.63. The first-order valence-electron chi connectivity index (χ1n) is 10.7. The number of para-hydroxylation sites is 2. The van der Waals surface area contributed by atoms with E-state index in [1.807, 2.05) is 42.8 Å². The van der Waals surface area contributed by atoms with Crippen LogP contribution >= 0.6 is 0 Å². The second-order valence-electron chi connectivity index (χ2n) is 7.46. The lowest BCUT2D eigenvalue weighted by molar-refractivity contribution is 0.481. The van der Waals surface area contributed by atoms with Gasteiger partial charge in [0.05, 0.1) is 28.0 Å². The molecule has 0 atom stereocenters. The minimum atomic E-state index is -0.356. The highest BCUT2D eigenvalue weighted by molar-refractivity contribution is 5.80. The Bertz CT molecular complexity index is 1460. The fourth-order valence-corrected chi connectivity index (χ4v) is 4.04. The van der Waals surface area contributed by atoms with Gasteiger partial charge >= 0.3 is 0 Å². The number of hydrogen-bond donors (Lipinski definition) is 2. The number of nitrogens with one attached hydrogen (secondary N) is 2. The molecule has 3 heterocycles. The summed E-state index contributed by atoms with van der Waals surface area (Å²) in [7, 11) is 0. The van der Waals surface area contributed by atoms with Crippen LogP contribution in [0.25, 0.3) is 33.5 Å². The largest absolute Gasteiger partial charge is 0.324 e. The maximum Gasteiger partial charge on any atom is 0.275 e. The summed E-state index contributed by atoms with van der Waals surface area (Å²) < 4.78 is 17.1. The zero-order chi connectivity index (χ0) is 22.9. The van der Waals surface area contributed by atoms with Crippen LogP contribution in [0.3, 0.4) is 0 Å². The summed E-state index contributed by atoms with van der Waals surface area (Å²) in [5, 5.41) is 3.11. The molecule has 0 fully saturated rings. The third-order valence-corrected chi connectivity index (χ3v) is 5.48. The minimum absolute atomic E-state index is 0.147. The van der Waals surface area contributed by atoms with Gasteiger partial charge in [0.25, 0.3) is 5.56 Å². The van der Waals surface area contributed by atoms with Crippen LogP contribution in [-0.4, -0.2) is 29.3 Å². The normalized spacial score (nSPS) is 11.2. The van der Waals surface area contributed by atoms with E-state index in [-0.39, 0.29) is 11.4 Å². The number of rotatable bonds is 6. The molecule has 3 aromatic heterocycles. The van der Waals surface area contributed by atoms with Crippen molar-refractivity contribution in [1.29, 1.82) is 0 Å². The first-order chi connectivity index (χ1) is 16.1. The fraction of sp³-hybridized carbons (Fsp3) is 0.167. The Morgan fingerprint density at radius 1 is 0.970 bits per heavy atom. The number of halogens is 1. The van der Waals surface area contributed by atoms with Crippen molar-refractivity contribution in [3.63, 3.8) is 0 Å². The van der Waals surface area contributed by atoms with Crippen molar-refractivity contribution in [2.24, 2.45) is 0 Å².